The molecule has 0 heterocycles. The Balaban J connectivity index is 1.84. The summed E-state index contributed by atoms with van der Waals surface area (Å²) < 4.78 is 0. The molecule has 0 spiro atoms. The molecule has 1 amide bonds. The molecule has 142 valence electrons. The van der Waals surface area contributed by atoms with Gasteiger partial charge in [0.15, 0.2) is 0 Å². The molecule has 0 aromatic heterocycles. The first-order valence-corrected chi connectivity index (χ1v) is 9.67. The molecule has 1 N–H and O–H groups in total. The molecule has 0 atom stereocenters. The third-order valence-corrected chi connectivity index (χ3v) is 5.37. The van der Waals surface area contributed by atoms with Crippen LogP contribution in [0.5, 0.6) is 0 Å². The summed E-state index contributed by atoms with van der Waals surface area (Å²) in [7, 11) is 0. The van der Waals surface area contributed by atoms with Crippen molar-refractivity contribution in [1.82, 2.24) is 5.32 Å². The van der Waals surface area contributed by atoms with Gasteiger partial charge in [-0.25, -0.2) is 0 Å². The van der Waals surface area contributed by atoms with Crippen LogP contribution in [-0.4, -0.2) is 10.8 Å². The number of hydrogen-bond donors (Lipinski definition) is 1. The van der Waals surface area contributed by atoms with Crippen LogP contribution >= 0.6 is 23.4 Å². The first-order valence-electron chi connectivity index (χ1n) is 8.48. The van der Waals surface area contributed by atoms with Gasteiger partial charge in [-0.15, -0.1) is 0 Å². The fourth-order valence-corrected chi connectivity index (χ4v) is 3.56. The Morgan fingerprint density at radius 2 is 1.75 bits per heavy atom. The van der Waals surface area contributed by atoms with E-state index in [9.17, 15) is 14.9 Å². The number of nitro groups is 1. The molecule has 0 bridgehead atoms. The fraction of sp³-hybridized carbons (Fsp3) is 0.0952. The molecule has 28 heavy (non-hydrogen) atoms. The lowest BCUT2D eigenvalue weighted by Gasteiger charge is -2.10. The van der Waals surface area contributed by atoms with Crippen molar-refractivity contribution in [2.24, 2.45) is 0 Å². The Kier molecular flexibility index (Phi) is 6.34. The number of benzene rings is 3. The van der Waals surface area contributed by atoms with E-state index in [1.165, 1.54) is 23.9 Å². The maximum atomic E-state index is 12.8. The summed E-state index contributed by atoms with van der Waals surface area (Å²) in [6.07, 6.45) is 0. The number of rotatable bonds is 6. The molecule has 0 saturated heterocycles. The zero-order chi connectivity index (χ0) is 20.1. The van der Waals surface area contributed by atoms with Crippen LogP contribution < -0.4 is 5.32 Å². The third-order valence-electron chi connectivity index (χ3n) is 4.03. The molecule has 3 aromatic rings. The number of hydrogen-bond acceptors (Lipinski definition) is 4. The molecule has 5 nitrogen and oxygen atoms in total. The minimum Gasteiger partial charge on any atom is -0.348 e. The Bertz CT molecular complexity index is 1010. The Morgan fingerprint density at radius 3 is 2.39 bits per heavy atom. The van der Waals surface area contributed by atoms with E-state index in [1.807, 2.05) is 43.3 Å². The molecule has 7 heteroatoms. The minimum absolute atomic E-state index is 0.124. The number of nitrogens with zero attached hydrogens (tertiary/aromatic N) is 1. The van der Waals surface area contributed by atoms with Crippen LogP contribution in [0.2, 0.25) is 5.02 Å². The van der Waals surface area contributed by atoms with Crippen molar-refractivity contribution in [2.75, 3.05) is 0 Å². The van der Waals surface area contributed by atoms with Crippen molar-refractivity contribution in [3.63, 3.8) is 0 Å². The SMILES string of the molecule is Cc1ccc(CNC(=O)c2cc([N+](=O)[O-])ccc2Sc2ccc(Cl)cc2)cc1. The zero-order valence-electron chi connectivity index (χ0n) is 15.0. The van der Waals surface area contributed by atoms with Gasteiger partial charge in [-0.05, 0) is 42.8 Å². The number of carbonyl (C=O) groups is 1. The van der Waals surface area contributed by atoms with Crippen molar-refractivity contribution in [3.8, 4) is 0 Å². The molecule has 0 radical (unpaired) electrons. The van der Waals surface area contributed by atoms with Crippen LogP contribution in [0.15, 0.2) is 76.5 Å². The number of amides is 1. The summed E-state index contributed by atoms with van der Waals surface area (Å²) in [6.45, 7) is 2.33. The Hall–Kier alpha value is -2.83. The van der Waals surface area contributed by atoms with Gasteiger partial charge in [0.25, 0.3) is 11.6 Å². The van der Waals surface area contributed by atoms with Crippen molar-refractivity contribution >= 4 is 35.0 Å². The number of nitrogens with one attached hydrogen (secondary N) is 1. The normalized spacial score (nSPS) is 10.5. The van der Waals surface area contributed by atoms with Crippen LogP contribution in [-0.2, 0) is 6.54 Å². The zero-order valence-corrected chi connectivity index (χ0v) is 16.6. The van der Waals surface area contributed by atoms with Crippen molar-refractivity contribution < 1.29 is 9.72 Å². The monoisotopic (exact) mass is 412 g/mol. The van der Waals surface area contributed by atoms with Gasteiger partial charge in [0.05, 0.1) is 10.5 Å². The van der Waals surface area contributed by atoms with E-state index in [0.29, 0.717) is 16.5 Å². The second-order valence-corrected chi connectivity index (χ2v) is 7.71. The van der Waals surface area contributed by atoms with Gasteiger partial charge in [-0.1, -0.05) is 53.2 Å². The van der Waals surface area contributed by atoms with Gasteiger partial charge in [0, 0.05) is 33.5 Å². The number of nitro benzene ring substituents is 1. The second-order valence-electron chi connectivity index (χ2n) is 6.16. The molecule has 0 saturated carbocycles. The molecular formula is C21H17ClN2O3S. The van der Waals surface area contributed by atoms with Gasteiger partial charge in [0.1, 0.15) is 0 Å². The summed E-state index contributed by atoms with van der Waals surface area (Å²) in [4.78, 5) is 24.9. The van der Waals surface area contributed by atoms with Gasteiger partial charge in [-0.3, -0.25) is 14.9 Å². The highest BCUT2D eigenvalue weighted by molar-refractivity contribution is 7.99. The van der Waals surface area contributed by atoms with Crippen LogP contribution in [0.1, 0.15) is 21.5 Å². The molecule has 0 aliphatic rings. The van der Waals surface area contributed by atoms with Crippen molar-refractivity contribution in [2.45, 2.75) is 23.3 Å². The molecule has 0 aliphatic heterocycles. The summed E-state index contributed by atoms with van der Waals surface area (Å²) in [5.41, 5.74) is 2.23. The number of aryl methyl sites for hydroxylation is 1. The largest absolute Gasteiger partial charge is 0.348 e. The predicted molar refractivity (Wildman–Crippen MR) is 111 cm³/mol. The summed E-state index contributed by atoms with van der Waals surface area (Å²) in [5, 5.41) is 14.6. The summed E-state index contributed by atoms with van der Waals surface area (Å²) in [6, 6.07) is 19.3. The van der Waals surface area contributed by atoms with Crippen molar-refractivity contribution in [3.05, 3.63) is 98.6 Å². The molecular weight excluding hydrogens is 396 g/mol. The lowest BCUT2D eigenvalue weighted by atomic mass is 10.1. The number of carbonyl (C=O) groups excluding carboxylic acids is 1. The van der Waals surface area contributed by atoms with E-state index in [-0.39, 0.29) is 17.2 Å². The first-order chi connectivity index (χ1) is 13.4. The van der Waals surface area contributed by atoms with Crippen LogP contribution in [0.4, 0.5) is 5.69 Å². The van der Waals surface area contributed by atoms with Crippen LogP contribution in [0.25, 0.3) is 0 Å². The maximum absolute atomic E-state index is 12.8. The minimum atomic E-state index is -0.506. The van der Waals surface area contributed by atoms with Gasteiger partial charge in [-0.2, -0.15) is 0 Å². The highest BCUT2D eigenvalue weighted by atomic mass is 35.5. The smallest absolute Gasteiger partial charge is 0.270 e. The average Bonchev–Trinajstić information content (AvgIpc) is 2.69. The molecule has 3 aromatic carbocycles. The fourth-order valence-electron chi connectivity index (χ4n) is 2.51. The number of halogens is 1. The van der Waals surface area contributed by atoms with E-state index in [1.54, 1.807) is 18.2 Å². The molecule has 3 rings (SSSR count). The van der Waals surface area contributed by atoms with E-state index < -0.39 is 4.92 Å². The van der Waals surface area contributed by atoms with Crippen LogP contribution in [0, 0.1) is 17.0 Å². The lowest BCUT2D eigenvalue weighted by Crippen LogP contribution is -2.23. The topological polar surface area (TPSA) is 72.2 Å². The summed E-state index contributed by atoms with van der Waals surface area (Å²) >= 11 is 7.27. The van der Waals surface area contributed by atoms with E-state index in [4.69, 9.17) is 11.6 Å². The highest BCUT2D eigenvalue weighted by Gasteiger charge is 2.17. The Labute approximate surface area is 171 Å². The quantitative estimate of drug-likeness (QED) is 0.420. The number of non-ortho nitro benzene ring substituents is 1. The maximum Gasteiger partial charge on any atom is 0.270 e. The van der Waals surface area contributed by atoms with E-state index in [2.05, 4.69) is 5.32 Å². The van der Waals surface area contributed by atoms with Gasteiger partial charge >= 0.3 is 0 Å². The highest BCUT2D eigenvalue weighted by Crippen LogP contribution is 2.33. The first kappa shape index (κ1) is 19.9. The second kappa shape index (κ2) is 8.91. The van der Waals surface area contributed by atoms with E-state index in [0.717, 1.165) is 16.0 Å². The Morgan fingerprint density at radius 1 is 1.07 bits per heavy atom. The third kappa shape index (κ3) is 5.12. The van der Waals surface area contributed by atoms with Crippen molar-refractivity contribution in [1.29, 1.82) is 0 Å². The lowest BCUT2D eigenvalue weighted by molar-refractivity contribution is -0.384. The van der Waals surface area contributed by atoms with E-state index >= 15 is 0 Å². The molecule has 0 fully saturated rings. The summed E-state index contributed by atoms with van der Waals surface area (Å²) in [5.74, 6) is -0.360. The van der Waals surface area contributed by atoms with Gasteiger partial charge < -0.3 is 5.32 Å². The molecule has 0 unspecified atom stereocenters. The molecule has 0 aliphatic carbocycles. The standard InChI is InChI=1S/C21H17ClN2O3S/c1-14-2-4-15(5-3-14)13-23-21(25)19-12-17(24(26)27)8-11-20(19)28-18-9-6-16(22)7-10-18/h2-12H,13H2,1H3,(H,23,25). The predicted octanol–water partition coefficient (Wildman–Crippen LogP) is 5.64. The van der Waals surface area contributed by atoms with Crippen LogP contribution in [0.3, 0.4) is 0 Å². The van der Waals surface area contributed by atoms with Gasteiger partial charge in [0.2, 0.25) is 0 Å². The average molecular weight is 413 g/mol.